The zero-order chi connectivity index (χ0) is 11.6. The summed E-state index contributed by atoms with van der Waals surface area (Å²) < 4.78 is 38.5. The molecule has 0 saturated carbocycles. The van der Waals surface area contributed by atoms with E-state index in [1.54, 1.807) is 6.26 Å². The highest BCUT2D eigenvalue weighted by molar-refractivity contribution is 7.98. The molecule has 1 aromatic carbocycles. The quantitative estimate of drug-likeness (QED) is 0.589. The van der Waals surface area contributed by atoms with Crippen LogP contribution in [-0.2, 0) is 0 Å². The molecule has 0 heterocycles. The Kier molecular flexibility index (Phi) is 3.44. The number of carbonyl (C=O) groups is 1. The Morgan fingerprint density at radius 1 is 1.40 bits per heavy atom. The van der Waals surface area contributed by atoms with Gasteiger partial charge in [-0.3, -0.25) is 4.79 Å². The van der Waals surface area contributed by atoms with Crippen LogP contribution in [0.25, 0.3) is 0 Å². The Labute approximate surface area is 89.7 Å². The number of carbonyl (C=O) groups excluding carboxylic acids is 1. The number of thioether (sulfide) groups is 1. The highest BCUT2D eigenvalue weighted by Gasteiger charge is 2.34. The molecule has 0 aliphatic rings. The average molecular weight is 234 g/mol. The van der Waals surface area contributed by atoms with Gasteiger partial charge in [0, 0.05) is 11.8 Å². The molecule has 0 amide bonds. The number of ketones is 1. The number of halogens is 3. The molecule has 0 N–H and O–H groups in total. The van der Waals surface area contributed by atoms with Gasteiger partial charge in [-0.15, -0.1) is 11.8 Å². The number of Topliss-reactive ketones (excluding diaryl/α,β-unsaturated/α-hetero) is 1. The van der Waals surface area contributed by atoms with Gasteiger partial charge in [0.1, 0.15) is 5.82 Å². The molecule has 0 saturated heterocycles. The lowest BCUT2D eigenvalue weighted by Gasteiger charge is -2.10. The fraction of sp³-hybridized carbons (Fsp3) is 0.300. The molecule has 1 nitrogen and oxygen atoms in total. The maximum Gasteiger partial charge on any atom is 0.307 e. The average Bonchev–Trinajstić information content (AvgIpc) is 2.16. The van der Waals surface area contributed by atoms with Crippen LogP contribution in [0.5, 0.6) is 0 Å². The number of benzene rings is 1. The van der Waals surface area contributed by atoms with Crippen molar-refractivity contribution in [3.05, 3.63) is 29.6 Å². The van der Waals surface area contributed by atoms with E-state index in [-0.39, 0.29) is 0 Å². The van der Waals surface area contributed by atoms with Gasteiger partial charge in [-0.1, -0.05) is 0 Å². The lowest BCUT2D eigenvalue weighted by molar-refractivity contribution is 0.0217. The SMILES string of the molecule is CSc1ccc(F)c(C(=O)C(C)(F)F)c1. The van der Waals surface area contributed by atoms with Crippen molar-refractivity contribution in [3.8, 4) is 0 Å². The van der Waals surface area contributed by atoms with Gasteiger partial charge < -0.3 is 0 Å². The van der Waals surface area contributed by atoms with Gasteiger partial charge in [0.25, 0.3) is 0 Å². The first kappa shape index (κ1) is 12.1. The zero-order valence-corrected chi connectivity index (χ0v) is 9.00. The molecule has 0 unspecified atom stereocenters. The molecule has 5 heteroatoms. The van der Waals surface area contributed by atoms with Gasteiger partial charge in [0.05, 0.1) is 5.56 Å². The van der Waals surface area contributed by atoms with E-state index >= 15 is 0 Å². The lowest BCUT2D eigenvalue weighted by Crippen LogP contribution is -2.25. The van der Waals surface area contributed by atoms with Gasteiger partial charge in [-0.2, -0.15) is 8.78 Å². The van der Waals surface area contributed by atoms with Gasteiger partial charge in [0.15, 0.2) is 0 Å². The van der Waals surface area contributed by atoms with Crippen LogP contribution >= 0.6 is 11.8 Å². The Hall–Kier alpha value is -0.970. The van der Waals surface area contributed by atoms with Crippen LogP contribution in [0.1, 0.15) is 17.3 Å². The topological polar surface area (TPSA) is 17.1 Å². The predicted octanol–water partition coefficient (Wildman–Crippen LogP) is 3.39. The molecule has 0 aliphatic heterocycles. The molecule has 82 valence electrons. The van der Waals surface area contributed by atoms with E-state index in [0.29, 0.717) is 11.8 Å². The van der Waals surface area contributed by atoms with E-state index < -0.39 is 23.1 Å². The zero-order valence-electron chi connectivity index (χ0n) is 8.18. The summed E-state index contributed by atoms with van der Waals surface area (Å²) in [5.41, 5.74) is -0.561. The summed E-state index contributed by atoms with van der Waals surface area (Å²) in [5, 5.41) is 0. The van der Waals surface area contributed by atoms with Crippen LogP contribution in [0, 0.1) is 5.82 Å². The third-order valence-electron chi connectivity index (χ3n) is 1.82. The van der Waals surface area contributed by atoms with Gasteiger partial charge in [-0.05, 0) is 24.5 Å². The Morgan fingerprint density at radius 3 is 2.47 bits per heavy atom. The highest BCUT2D eigenvalue weighted by Crippen LogP contribution is 2.24. The molecular weight excluding hydrogens is 225 g/mol. The summed E-state index contributed by atoms with van der Waals surface area (Å²) >= 11 is 1.26. The largest absolute Gasteiger partial charge is 0.307 e. The Bertz CT molecular complexity index is 385. The van der Waals surface area contributed by atoms with Crippen molar-refractivity contribution in [1.29, 1.82) is 0 Å². The number of alkyl halides is 2. The fourth-order valence-electron chi connectivity index (χ4n) is 1.04. The second kappa shape index (κ2) is 4.26. The van der Waals surface area contributed by atoms with Crippen molar-refractivity contribution in [1.82, 2.24) is 0 Å². The normalized spacial score (nSPS) is 11.5. The third-order valence-corrected chi connectivity index (χ3v) is 2.54. The maximum absolute atomic E-state index is 13.1. The first-order valence-electron chi connectivity index (χ1n) is 4.12. The summed E-state index contributed by atoms with van der Waals surface area (Å²) in [7, 11) is 0. The molecule has 0 radical (unpaired) electrons. The number of hydrogen-bond acceptors (Lipinski definition) is 2. The summed E-state index contributed by atoms with van der Waals surface area (Å²) in [5.74, 6) is -5.95. The molecule has 0 atom stereocenters. The molecule has 0 aliphatic carbocycles. The van der Waals surface area contributed by atoms with Crippen molar-refractivity contribution in [2.75, 3.05) is 6.26 Å². The van der Waals surface area contributed by atoms with Crippen molar-refractivity contribution in [2.45, 2.75) is 17.7 Å². The lowest BCUT2D eigenvalue weighted by atomic mass is 10.1. The third kappa shape index (κ3) is 2.75. The first-order valence-corrected chi connectivity index (χ1v) is 5.35. The highest BCUT2D eigenvalue weighted by atomic mass is 32.2. The molecule has 1 aromatic rings. The first-order chi connectivity index (χ1) is 6.86. The van der Waals surface area contributed by atoms with E-state index in [2.05, 4.69) is 0 Å². The molecular formula is C10H9F3OS. The minimum atomic E-state index is -3.54. The van der Waals surface area contributed by atoms with Crippen LogP contribution in [0.3, 0.4) is 0 Å². The van der Waals surface area contributed by atoms with E-state index in [1.807, 2.05) is 0 Å². The molecule has 15 heavy (non-hydrogen) atoms. The molecule has 0 spiro atoms. The van der Waals surface area contributed by atoms with Crippen molar-refractivity contribution < 1.29 is 18.0 Å². The smallest absolute Gasteiger partial charge is 0.287 e. The molecule has 0 bridgehead atoms. The van der Waals surface area contributed by atoms with Crippen molar-refractivity contribution >= 4 is 17.5 Å². The summed E-state index contributed by atoms with van der Waals surface area (Å²) in [6.45, 7) is 0.459. The van der Waals surface area contributed by atoms with Crippen molar-refractivity contribution in [3.63, 3.8) is 0 Å². The van der Waals surface area contributed by atoms with E-state index in [9.17, 15) is 18.0 Å². The minimum Gasteiger partial charge on any atom is -0.287 e. The fourth-order valence-corrected chi connectivity index (χ4v) is 1.48. The second-order valence-corrected chi connectivity index (χ2v) is 3.94. The standard InChI is InChI=1S/C10H9F3OS/c1-10(12,13)9(14)7-5-6(15-2)3-4-8(7)11/h3-5H,1-2H3. The van der Waals surface area contributed by atoms with Crippen LogP contribution in [-0.4, -0.2) is 18.0 Å². The molecule has 0 fully saturated rings. The second-order valence-electron chi connectivity index (χ2n) is 3.06. The minimum absolute atomic E-state index is 0.459. The maximum atomic E-state index is 13.1. The van der Waals surface area contributed by atoms with Crippen LogP contribution in [0.2, 0.25) is 0 Å². The monoisotopic (exact) mass is 234 g/mol. The van der Waals surface area contributed by atoms with E-state index in [0.717, 1.165) is 12.1 Å². The summed E-state index contributed by atoms with van der Waals surface area (Å²) in [6.07, 6.45) is 1.71. The summed E-state index contributed by atoms with van der Waals surface area (Å²) in [6, 6.07) is 3.59. The van der Waals surface area contributed by atoms with Crippen LogP contribution < -0.4 is 0 Å². The van der Waals surface area contributed by atoms with E-state index in [1.165, 1.54) is 17.8 Å². The Morgan fingerprint density at radius 2 is 2.00 bits per heavy atom. The van der Waals surface area contributed by atoms with Gasteiger partial charge in [-0.25, -0.2) is 4.39 Å². The van der Waals surface area contributed by atoms with Gasteiger partial charge in [0.2, 0.25) is 5.78 Å². The Balaban J connectivity index is 3.19. The van der Waals surface area contributed by atoms with Gasteiger partial charge >= 0.3 is 5.92 Å². The van der Waals surface area contributed by atoms with Crippen LogP contribution in [0.15, 0.2) is 23.1 Å². The predicted molar refractivity (Wildman–Crippen MR) is 53.1 cm³/mol. The van der Waals surface area contributed by atoms with Crippen molar-refractivity contribution in [2.24, 2.45) is 0 Å². The summed E-state index contributed by atoms with van der Waals surface area (Å²) in [4.78, 5) is 11.7. The number of hydrogen-bond donors (Lipinski definition) is 0. The van der Waals surface area contributed by atoms with Crippen LogP contribution in [0.4, 0.5) is 13.2 Å². The van der Waals surface area contributed by atoms with E-state index in [4.69, 9.17) is 0 Å². The molecule has 1 rings (SSSR count). The molecule has 0 aromatic heterocycles. The number of rotatable bonds is 3.